The van der Waals surface area contributed by atoms with Crippen molar-refractivity contribution in [2.75, 3.05) is 19.8 Å². The zero-order chi connectivity index (χ0) is 15.7. The van der Waals surface area contributed by atoms with E-state index in [9.17, 15) is 9.59 Å². The molecule has 0 aliphatic rings. The van der Waals surface area contributed by atoms with Crippen molar-refractivity contribution in [2.24, 2.45) is 0 Å². The van der Waals surface area contributed by atoms with E-state index in [0.717, 1.165) is 18.1 Å². The summed E-state index contributed by atoms with van der Waals surface area (Å²) >= 11 is 0. The van der Waals surface area contributed by atoms with E-state index in [1.54, 1.807) is 18.2 Å². The van der Waals surface area contributed by atoms with Gasteiger partial charge in [0.05, 0.1) is 0 Å². The van der Waals surface area contributed by atoms with Crippen molar-refractivity contribution in [3.8, 4) is 0 Å². The maximum absolute atomic E-state index is 12.1. The minimum absolute atomic E-state index is 0.158. The number of aryl methyl sites for hydroxylation is 1. The Kier molecular flexibility index (Phi) is 7.18. The molecule has 21 heavy (non-hydrogen) atoms. The van der Waals surface area contributed by atoms with E-state index in [-0.39, 0.29) is 5.91 Å². The largest absolute Gasteiger partial charge is 0.478 e. The van der Waals surface area contributed by atoms with Crippen LogP contribution in [0.1, 0.15) is 34.8 Å². The Balaban J connectivity index is 2.65. The summed E-state index contributed by atoms with van der Waals surface area (Å²) in [6, 6.07) is 5.27. The van der Waals surface area contributed by atoms with Gasteiger partial charge >= 0.3 is 5.97 Å². The van der Waals surface area contributed by atoms with Crippen molar-refractivity contribution in [3.63, 3.8) is 0 Å². The van der Waals surface area contributed by atoms with E-state index >= 15 is 0 Å². The third kappa shape index (κ3) is 6.23. The van der Waals surface area contributed by atoms with E-state index in [1.807, 2.05) is 13.8 Å². The first kappa shape index (κ1) is 16.9. The van der Waals surface area contributed by atoms with Gasteiger partial charge in [-0.25, -0.2) is 4.79 Å². The molecular weight excluding hydrogens is 270 g/mol. The summed E-state index contributed by atoms with van der Waals surface area (Å²) in [5, 5.41) is 11.4. The molecule has 0 saturated carbocycles. The van der Waals surface area contributed by atoms with Gasteiger partial charge in [-0.1, -0.05) is 12.1 Å². The van der Waals surface area contributed by atoms with Crippen LogP contribution in [0, 0.1) is 6.92 Å². The fourth-order valence-corrected chi connectivity index (χ4v) is 1.77. The molecule has 0 aliphatic carbocycles. The maximum atomic E-state index is 12.1. The first-order chi connectivity index (χ1) is 10.0. The Hall–Kier alpha value is -2.14. The minimum atomic E-state index is -1.02. The highest BCUT2D eigenvalue weighted by Gasteiger charge is 2.08. The summed E-state index contributed by atoms with van der Waals surface area (Å²) < 4.78 is 5.20. The Morgan fingerprint density at radius 2 is 2.14 bits per heavy atom. The number of hydrogen-bond donors (Lipinski definition) is 2. The molecule has 0 heterocycles. The lowest BCUT2D eigenvalue weighted by molar-refractivity contribution is -0.131. The number of amides is 1. The molecule has 1 aromatic carbocycles. The van der Waals surface area contributed by atoms with Gasteiger partial charge in [0.2, 0.25) is 0 Å². The van der Waals surface area contributed by atoms with Crippen LogP contribution >= 0.6 is 0 Å². The average molecular weight is 291 g/mol. The normalized spacial score (nSPS) is 10.8. The third-order valence-electron chi connectivity index (χ3n) is 2.88. The van der Waals surface area contributed by atoms with Crippen LogP contribution in [-0.2, 0) is 9.53 Å². The van der Waals surface area contributed by atoms with Crippen LogP contribution in [0.2, 0.25) is 0 Å². The summed E-state index contributed by atoms with van der Waals surface area (Å²) in [4.78, 5) is 22.6. The summed E-state index contributed by atoms with van der Waals surface area (Å²) in [5.41, 5.74) is 2.09. The second-order valence-corrected chi connectivity index (χ2v) is 4.55. The molecule has 0 aromatic heterocycles. The topological polar surface area (TPSA) is 75.6 Å². The van der Waals surface area contributed by atoms with Gasteiger partial charge in [0.15, 0.2) is 0 Å². The Bertz CT molecular complexity index is 523. The molecule has 114 valence electrons. The fourth-order valence-electron chi connectivity index (χ4n) is 1.77. The minimum Gasteiger partial charge on any atom is -0.478 e. The fraction of sp³-hybridized carbons (Fsp3) is 0.375. The van der Waals surface area contributed by atoms with Gasteiger partial charge in [0, 0.05) is 31.4 Å². The molecule has 0 radical (unpaired) electrons. The lowest BCUT2D eigenvalue weighted by atomic mass is 10.0. The van der Waals surface area contributed by atoms with Crippen LogP contribution in [0.4, 0.5) is 0 Å². The molecule has 0 unspecified atom stereocenters. The first-order valence-corrected chi connectivity index (χ1v) is 6.92. The standard InChI is InChI=1S/C16H21NO4/c1-3-21-10-4-9-17-16(20)14-11-13(6-5-12(14)2)7-8-15(18)19/h5-8,11H,3-4,9-10H2,1-2H3,(H,17,20)(H,18,19). The molecule has 5 nitrogen and oxygen atoms in total. The van der Waals surface area contributed by atoms with Crippen LogP contribution in [0.25, 0.3) is 6.08 Å². The predicted molar refractivity (Wildman–Crippen MR) is 81.3 cm³/mol. The van der Waals surface area contributed by atoms with E-state index in [1.165, 1.54) is 6.08 Å². The monoisotopic (exact) mass is 291 g/mol. The average Bonchev–Trinajstić information content (AvgIpc) is 2.45. The van der Waals surface area contributed by atoms with E-state index < -0.39 is 5.97 Å². The molecule has 1 amide bonds. The molecule has 2 N–H and O–H groups in total. The molecule has 1 rings (SSSR count). The van der Waals surface area contributed by atoms with Crippen LogP contribution in [0.15, 0.2) is 24.3 Å². The van der Waals surface area contributed by atoms with E-state index in [2.05, 4.69) is 5.32 Å². The highest BCUT2D eigenvalue weighted by atomic mass is 16.5. The van der Waals surface area contributed by atoms with Gasteiger partial charge < -0.3 is 15.2 Å². The predicted octanol–water partition coefficient (Wildman–Crippen LogP) is 2.25. The Morgan fingerprint density at radius 1 is 1.38 bits per heavy atom. The molecule has 0 fully saturated rings. The zero-order valence-corrected chi connectivity index (χ0v) is 12.4. The Labute approximate surface area is 124 Å². The van der Waals surface area contributed by atoms with Crippen molar-refractivity contribution in [1.82, 2.24) is 5.32 Å². The van der Waals surface area contributed by atoms with Gasteiger partial charge in [-0.2, -0.15) is 0 Å². The smallest absolute Gasteiger partial charge is 0.328 e. The van der Waals surface area contributed by atoms with Gasteiger partial charge in [0.25, 0.3) is 5.91 Å². The molecule has 0 bridgehead atoms. The molecule has 0 aliphatic heterocycles. The van der Waals surface area contributed by atoms with Gasteiger partial charge in [-0.15, -0.1) is 0 Å². The number of ether oxygens (including phenoxy) is 1. The van der Waals surface area contributed by atoms with Crippen molar-refractivity contribution < 1.29 is 19.4 Å². The van der Waals surface area contributed by atoms with Crippen molar-refractivity contribution in [1.29, 1.82) is 0 Å². The van der Waals surface area contributed by atoms with Crippen molar-refractivity contribution in [2.45, 2.75) is 20.3 Å². The van der Waals surface area contributed by atoms with Crippen LogP contribution in [-0.4, -0.2) is 36.7 Å². The Morgan fingerprint density at radius 3 is 2.81 bits per heavy atom. The molecule has 5 heteroatoms. The number of carbonyl (C=O) groups is 2. The number of carboxylic acids is 1. The molecule has 0 atom stereocenters. The van der Waals surface area contributed by atoms with E-state index in [0.29, 0.717) is 30.9 Å². The number of nitrogens with one attached hydrogen (secondary N) is 1. The van der Waals surface area contributed by atoms with Gasteiger partial charge in [0.1, 0.15) is 0 Å². The number of carbonyl (C=O) groups excluding carboxylic acids is 1. The second kappa shape index (κ2) is 8.92. The summed E-state index contributed by atoms with van der Waals surface area (Å²) in [6.45, 7) is 5.62. The molecular formula is C16H21NO4. The summed E-state index contributed by atoms with van der Waals surface area (Å²) in [5.74, 6) is -1.17. The highest BCUT2D eigenvalue weighted by Crippen LogP contribution is 2.12. The quantitative estimate of drug-likeness (QED) is 0.569. The lowest BCUT2D eigenvalue weighted by Gasteiger charge is -2.08. The number of benzene rings is 1. The van der Waals surface area contributed by atoms with Gasteiger partial charge in [-0.05, 0) is 43.5 Å². The number of carboxylic acid groups (broad SMARTS) is 1. The molecule has 0 spiro atoms. The van der Waals surface area contributed by atoms with Crippen LogP contribution in [0.3, 0.4) is 0 Å². The first-order valence-electron chi connectivity index (χ1n) is 6.92. The molecule has 0 saturated heterocycles. The maximum Gasteiger partial charge on any atom is 0.328 e. The summed E-state index contributed by atoms with van der Waals surface area (Å²) in [7, 11) is 0. The van der Waals surface area contributed by atoms with Gasteiger partial charge in [-0.3, -0.25) is 4.79 Å². The summed E-state index contributed by atoms with van der Waals surface area (Å²) in [6.07, 6.45) is 3.28. The second-order valence-electron chi connectivity index (χ2n) is 4.55. The van der Waals surface area contributed by atoms with Crippen molar-refractivity contribution >= 4 is 18.0 Å². The number of rotatable bonds is 8. The highest BCUT2D eigenvalue weighted by molar-refractivity contribution is 5.96. The van der Waals surface area contributed by atoms with E-state index in [4.69, 9.17) is 9.84 Å². The SMILES string of the molecule is CCOCCCNC(=O)c1cc(C=CC(=O)O)ccc1C. The lowest BCUT2D eigenvalue weighted by Crippen LogP contribution is -2.26. The van der Waals surface area contributed by atoms with Crippen LogP contribution < -0.4 is 5.32 Å². The van der Waals surface area contributed by atoms with Crippen LogP contribution in [0.5, 0.6) is 0 Å². The number of aliphatic carboxylic acids is 1. The number of hydrogen-bond acceptors (Lipinski definition) is 3. The molecule has 1 aromatic rings. The third-order valence-corrected chi connectivity index (χ3v) is 2.88. The zero-order valence-electron chi connectivity index (χ0n) is 12.4. The van der Waals surface area contributed by atoms with Crippen molar-refractivity contribution in [3.05, 3.63) is 41.0 Å².